The molecule has 0 bridgehead atoms. The molecule has 1 amide bonds. The van der Waals surface area contributed by atoms with E-state index in [2.05, 4.69) is 27.3 Å². The summed E-state index contributed by atoms with van der Waals surface area (Å²) in [6.07, 6.45) is 15.0. The topological polar surface area (TPSA) is 60.3 Å². The second-order valence-electron chi connectivity index (χ2n) is 8.59. The molecule has 1 saturated heterocycles. The van der Waals surface area contributed by atoms with Crippen molar-refractivity contribution in [2.75, 3.05) is 28.7 Å². The number of fused-ring (bicyclic) bond motifs is 1. The lowest BCUT2D eigenvalue weighted by Gasteiger charge is -2.31. The average Bonchev–Trinajstić information content (AvgIpc) is 3.14. The zero-order valence-electron chi connectivity index (χ0n) is 17.0. The number of nitrogens with one attached hydrogen (secondary N) is 2. The second kappa shape index (κ2) is 8.93. The molecule has 1 aromatic rings. The first-order valence-corrected chi connectivity index (χ1v) is 11.1. The van der Waals surface area contributed by atoms with E-state index in [4.69, 9.17) is 0 Å². The zero-order valence-corrected chi connectivity index (χ0v) is 17.0. The second-order valence-corrected chi connectivity index (χ2v) is 8.59. The van der Waals surface area contributed by atoms with Crippen molar-refractivity contribution in [1.82, 2.24) is 4.98 Å². The van der Waals surface area contributed by atoms with Gasteiger partial charge in [0.1, 0.15) is 0 Å². The van der Waals surface area contributed by atoms with Crippen LogP contribution in [0.25, 0.3) is 0 Å². The molecule has 6 nitrogen and oxygen atoms in total. The third kappa shape index (κ3) is 4.31. The number of pyridine rings is 1. The average molecular weight is 385 g/mol. The van der Waals surface area contributed by atoms with Crippen molar-refractivity contribution in [3.63, 3.8) is 0 Å². The quantitative estimate of drug-likeness (QED) is 0.762. The van der Waals surface area contributed by atoms with Gasteiger partial charge in [0.2, 0.25) is 12.5 Å². The van der Waals surface area contributed by atoms with Gasteiger partial charge in [-0.3, -0.25) is 4.79 Å². The molecule has 1 saturated carbocycles. The molecule has 0 aromatic carbocycles. The number of nitrogens with zero attached hydrogens (tertiary/aromatic N) is 3. The summed E-state index contributed by atoms with van der Waals surface area (Å²) in [5.41, 5.74) is 6.40. The number of hydrogen-bond acceptors (Lipinski definition) is 4. The van der Waals surface area contributed by atoms with Gasteiger partial charge in [0.05, 0.1) is 23.1 Å². The standard InChI is InChI=1S/C22H33N5O/c1-26-16-18-20(27-13-9-6-10-14-27)19(15-23-21(18)25-26)24-22(28)17-11-7-4-2-3-5-8-12-17/h15,17H,1-14,16H2,(H-,23,24,25,28)/p+1. The lowest BCUT2D eigenvalue weighted by Crippen LogP contribution is -2.32. The first-order valence-electron chi connectivity index (χ1n) is 11.1. The van der Waals surface area contributed by atoms with Crippen LogP contribution in [0.15, 0.2) is 6.20 Å². The van der Waals surface area contributed by atoms with Crippen molar-refractivity contribution < 1.29 is 9.48 Å². The van der Waals surface area contributed by atoms with Crippen molar-refractivity contribution >= 4 is 29.8 Å². The van der Waals surface area contributed by atoms with Crippen molar-refractivity contribution in [2.45, 2.75) is 77.2 Å². The summed E-state index contributed by atoms with van der Waals surface area (Å²) < 4.78 is 1.81. The van der Waals surface area contributed by atoms with Crippen LogP contribution in [-0.4, -0.2) is 35.4 Å². The summed E-state index contributed by atoms with van der Waals surface area (Å²) >= 11 is 0. The summed E-state index contributed by atoms with van der Waals surface area (Å²) in [4.78, 5) is 20.2. The smallest absolute Gasteiger partial charge is 0.227 e. The van der Waals surface area contributed by atoms with Crippen molar-refractivity contribution in [1.29, 1.82) is 0 Å². The summed E-state index contributed by atoms with van der Waals surface area (Å²) in [5, 5.41) is 3.28. The van der Waals surface area contributed by atoms with E-state index in [1.807, 2.05) is 10.9 Å². The minimum atomic E-state index is 0.128. The van der Waals surface area contributed by atoms with Crippen LogP contribution in [0.1, 0.15) is 76.2 Å². The van der Waals surface area contributed by atoms with Gasteiger partial charge in [0.25, 0.3) is 0 Å². The fourth-order valence-electron chi connectivity index (χ4n) is 4.87. The Morgan fingerprint density at radius 3 is 2.43 bits per heavy atom. The number of anilines is 3. The Hall–Kier alpha value is -2.11. The Morgan fingerprint density at radius 1 is 1.07 bits per heavy atom. The van der Waals surface area contributed by atoms with E-state index in [1.165, 1.54) is 57.8 Å². The molecule has 3 aliphatic rings. The van der Waals surface area contributed by atoms with Crippen molar-refractivity contribution in [2.24, 2.45) is 5.92 Å². The number of carbonyl (C=O) groups is 1. The number of carbonyl (C=O) groups excluding carboxylic acids is 1. The number of amides is 1. The Bertz CT molecular complexity index is 716. The first-order chi connectivity index (χ1) is 13.7. The molecule has 4 rings (SSSR count). The Kier molecular flexibility index (Phi) is 6.13. The predicted octanol–water partition coefficient (Wildman–Crippen LogP) is 4.31. The van der Waals surface area contributed by atoms with Crippen LogP contribution in [0, 0.1) is 5.92 Å². The minimum absolute atomic E-state index is 0.128. The number of aromatic nitrogens is 1. The highest BCUT2D eigenvalue weighted by molar-refractivity contribution is 5.97. The number of hydrogen-bond donors (Lipinski definition) is 2. The molecule has 1 aliphatic carbocycles. The van der Waals surface area contributed by atoms with Crippen LogP contribution in [0.2, 0.25) is 0 Å². The van der Waals surface area contributed by atoms with Gasteiger partial charge in [0.15, 0.2) is 12.5 Å². The number of hydrazine groups is 1. The van der Waals surface area contributed by atoms with E-state index in [1.54, 1.807) is 0 Å². The van der Waals surface area contributed by atoms with Gasteiger partial charge in [-0.15, -0.1) is 10.1 Å². The van der Waals surface area contributed by atoms with Crippen LogP contribution in [0.5, 0.6) is 0 Å². The van der Waals surface area contributed by atoms with Gasteiger partial charge >= 0.3 is 0 Å². The fourth-order valence-corrected chi connectivity index (χ4v) is 4.87. The minimum Gasteiger partial charge on any atom is -0.369 e. The molecule has 0 spiro atoms. The molecule has 0 radical (unpaired) electrons. The highest BCUT2D eigenvalue weighted by Crippen LogP contribution is 2.38. The number of hydrazone groups is 1. The lowest BCUT2D eigenvalue weighted by atomic mass is 9.96. The molecule has 0 unspecified atom stereocenters. The summed E-state index contributed by atoms with van der Waals surface area (Å²) in [6.45, 7) is 6.80. The van der Waals surface area contributed by atoms with Gasteiger partial charge in [-0.25, -0.2) is 4.98 Å². The summed E-state index contributed by atoms with van der Waals surface area (Å²) in [5.74, 6) is 1.18. The first kappa shape index (κ1) is 19.2. The maximum absolute atomic E-state index is 13.1. The van der Waals surface area contributed by atoms with Gasteiger partial charge in [-0.1, -0.05) is 38.5 Å². The van der Waals surface area contributed by atoms with Gasteiger partial charge in [-0.05, 0) is 32.1 Å². The zero-order chi connectivity index (χ0) is 19.3. The molecule has 0 atom stereocenters. The summed E-state index contributed by atoms with van der Waals surface area (Å²) in [6, 6.07) is 0. The third-order valence-electron chi connectivity index (χ3n) is 6.42. The number of rotatable bonds is 3. The molecule has 28 heavy (non-hydrogen) atoms. The Morgan fingerprint density at radius 2 is 1.71 bits per heavy atom. The molecule has 6 heteroatoms. The van der Waals surface area contributed by atoms with Crippen molar-refractivity contribution in [3.8, 4) is 0 Å². The maximum atomic E-state index is 13.1. The third-order valence-corrected chi connectivity index (χ3v) is 6.42. The Labute approximate surface area is 168 Å². The lowest BCUT2D eigenvalue weighted by molar-refractivity contribution is -0.495. The van der Waals surface area contributed by atoms with Crippen LogP contribution < -0.4 is 15.6 Å². The molecular formula is C22H34N5O+. The fraction of sp³-hybridized carbons (Fsp3) is 0.682. The molecular weight excluding hydrogens is 350 g/mol. The van der Waals surface area contributed by atoms with Crippen LogP contribution in [0.4, 0.5) is 17.2 Å². The SMILES string of the molecule is C=[N+]1Cc2c(ncc(NC(=O)C3CCCCCCCC3)c2N2CCCCC2)N1. The normalized spacial score (nSPS) is 21.3. The van der Waals surface area contributed by atoms with Crippen LogP contribution in [-0.2, 0) is 11.3 Å². The highest BCUT2D eigenvalue weighted by Gasteiger charge is 2.31. The van der Waals surface area contributed by atoms with E-state index < -0.39 is 0 Å². The summed E-state index contributed by atoms with van der Waals surface area (Å²) in [7, 11) is 0. The predicted molar refractivity (Wildman–Crippen MR) is 114 cm³/mol. The van der Waals surface area contributed by atoms with Crippen LogP contribution >= 0.6 is 0 Å². The molecule has 1 aromatic heterocycles. The van der Waals surface area contributed by atoms with E-state index in [0.717, 1.165) is 48.7 Å². The van der Waals surface area contributed by atoms with E-state index in [9.17, 15) is 4.79 Å². The van der Waals surface area contributed by atoms with Crippen LogP contribution in [0.3, 0.4) is 0 Å². The number of piperidine rings is 1. The molecule has 2 fully saturated rings. The molecule has 152 valence electrons. The van der Waals surface area contributed by atoms with Gasteiger partial charge in [-0.2, -0.15) is 0 Å². The van der Waals surface area contributed by atoms with Crippen molar-refractivity contribution in [3.05, 3.63) is 11.8 Å². The molecule has 2 aliphatic heterocycles. The highest BCUT2D eigenvalue weighted by atomic mass is 16.1. The largest absolute Gasteiger partial charge is 0.369 e. The Balaban J connectivity index is 1.57. The van der Waals surface area contributed by atoms with E-state index in [-0.39, 0.29) is 11.8 Å². The van der Waals surface area contributed by atoms with Gasteiger partial charge in [0, 0.05) is 19.0 Å². The van der Waals surface area contributed by atoms with Gasteiger partial charge < -0.3 is 10.2 Å². The maximum Gasteiger partial charge on any atom is 0.227 e. The van der Waals surface area contributed by atoms with E-state index in [0.29, 0.717) is 6.54 Å². The molecule has 3 heterocycles. The van der Waals surface area contributed by atoms with E-state index >= 15 is 0 Å². The monoisotopic (exact) mass is 384 g/mol. The molecule has 2 N–H and O–H groups in total.